The number of carboxylic acids is 1. The van der Waals surface area contributed by atoms with Gasteiger partial charge in [0, 0.05) is 24.3 Å². The Labute approximate surface area is 102 Å². The van der Waals surface area contributed by atoms with Crippen LogP contribution in [0.15, 0.2) is 24.3 Å². The lowest BCUT2D eigenvalue weighted by atomic mass is 9.98. The highest BCUT2D eigenvalue weighted by Crippen LogP contribution is 2.27. The monoisotopic (exact) mass is 237 g/mol. The topological polar surface area (TPSA) is 49.8 Å². The van der Waals surface area contributed by atoms with Crippen molar-refractivity contribution >= 4 is 11.7 Å². The minimum atomic E-state index is -0.801. The summed E-state index contributed by atoms with van der Waals surface area (Å²) in [5.41, 5.74) is 0.494. The van der Waals surface area contributed by atoms with Crippen LogP contribution in [0, 0.1) is 0 Å². The van der Waals surface area contributed by atoms with Crippen LogP contribution in [0.4, 0.5) is 5.69 Å². The fourth-order valence-electron chi connectivity index (χ4n) is 1.66. The van der Waals surface area contributed by atoms with E-state index in [-0.39, 0.29) is 6.42 Å². The first-order valence-corrected chi connectivity index (χ1v) is 5.46. The first kappa shape index (κ1) is 13.4. The molecule has 0 fully saturated rings. The lowest BCUT2D eigenvalue weighted by Gasteiger charge is -2.36. The van der Waals surface area contributed by atoms with E-state index in [9.17, 15) is 4.79 Å². The summed E-state index contributed by atoms with van der Waals surface area (Å²) in [5.74, 6) is -0.0368. The van der Waals surface area contributed by atoms with Crippen molar-refractivity contribution in [2.24, 2.45) is 0 Å². The van der Waals surface area contributed by atoms with E-state index in [1.807, 2.05) is 50.1 Å². The number of hydrogen-bond acceptors (Lipinski definition) is 3. The van der Waals surface area contributed by atoms with Crippen molar-refractivity contribution in [1.82, 2.24) is 0 Å². The third-order valence-electron chi connectivity index (χ3n) is 2.93. The van der Waals surface area contributed by atoms with E-state index in [0.717, 1.165) is 11.4 Å². The standard InChI is InChI=1S/C13H19NO3/c1-13(2,9-12(15)16)14(3)10-6-5-7-11(8-10)17-4/h5-8H,9H2,1-4H3,(H,15,16). The van der Waals surface area contributed by atoms with E-state index < -0.39 is 11.5 Å². The van der Waals surface area contributed by atoms with Crippen molar-refractivity contribution < 1.29 is 14.6 Å². The smallest absolute Gasteiger partial charge is 0.305 e. The number of hydrogen-bond donors (Lipinski definition) is 1. The molecule has 0 atom stereocenters. The van der Waals surface area contributed by atoms with Crippen LogP contribution in [0.25, 0.3) is 0 Å². The molecule has 94 valence electrons. The van der Waals surface area contributed by atoms with E-state index in [1.54, 1.807) is 7.11 Å². The summed E-state index contributed by atoms with van der Waals surface area (Å²) in [5, 5.41) is 8.89. The van der Waals surface area contributed by atoms with Gasteiger partial charge in [0.1, 0.15) is 5.75 Å². The van der Waals surface area contributed by atoms with Gasteiger partial charge in [0.05, 0.1) is 13.5 Å². The summed E-state index contributed by atoms with van der Waals surface area (Å²) in [6, 6.07) is 7.58. The first-order chi connectivity index (χ1) is 7.86. The molecule has 0 spiro atoms. The lowest BCUT2D eigenvalue weighted by molar-refractivity contribution is -0.138. The number of ether oxygens (including phenoxy) is 1. The fourth-order valence-corrected chi connectivity index (χ4v) is 1.66. The van der Waals surface area contributed by atoms with Gasteiger partial charge in [-0.15, -0.1) is 0 Å². The molecule has 1 aromatic rings. The molecule has 0 aliphatic rings. The Morgan fingerprint density at radius 2 is 2.12 bits per heavy atom. The molecule has 1 rings (SSSR count). The Morgan fingerprint density at radius 3 is 2.65 bits per heavy atom. The third kappa shape index (κ3) is 3.37. The average molecular weight is 237 g/mol. The summed E-state index contributed by atoms with van der Waals surface area (Å²) in [6.07, 6.45) is 0.0840. The maximum absolute atomic E-state index is 10.8. The van der Waals surface area contributed by atoms with Gasteiger partial charge in [-0.3, -0.25) is 4.79 Å². The molecular formula is C13H19NO3. The predicted octanol–water partition coefficient (Wildman–Crippen LogP) is 2.38. The second-order valence-corrected chi connectivity index (χ2v) is 4.64. The van der Waals surface area contributed by atoms with Gasteiger partial charge in [-0.25, -0.2) is 0 Å². The van der Waals surface area contributed by atoms with E-state index in [1.165, 1.54) is 0 Å². The molecule has 4 heteroatoms. The van der Waals surface area contributed by atoms with Crippen LogP contribution in [0.5, 0.6) is 5.75 Å². The van der Waals surface area contributed by atoms with Gasteiger partial charge in [-0.2, -0.15) is 0 Å². The van der Waals surface area contributed by atoms with Crippen LogP contribution >= 0.6 is 0 Å². The summed E-state index contributed by atoms with van der Waals surface area (Å²) in [7, 11) is 3.50. The number of carbonyl (C=O) groups is 1. The molecule has 0 unspecified atom stereocenters. The van der Waals surface area contributed by atoms with Crippen LogP contribution in [0.2, 0.25) is 0 Å². The number of benzene rings is 1. The molecule has 0 heterocycles. The van der Waals surface area contributed by atoms with Crippen molar-refractivity contribution in [1.29, 1.82) is 0 Å². The molecular weight excluding hydrogens is 218 g/mol. The molecule has 17 heavy (non-hydrogen) atoms. The number of nitrogens with zero attached hydrogens (tertiary/aromatic N) is 1. The third-order valence-corrected chi connectivity index (χ3v) is 2.93. The first-order valence-electron chi connectivity index (χ1n) is 5.46. The zero-order valence-corrected chi connectivity index (χ0v) is 10.7. The van der Waals surface area contributed by atoms with Crippen molar-refractivity contribution in [2.75, 3.05) is 19.1 Å². The molecule has 0 saturated heterocycles. The van der Waals surface area contributed by atoms with Crippen molar-refractivity contribution in [3.05, 3.63) is 24.3 Å². The molecule has 0 amide bonds. The maximum atomic E-state index is 10.8. The van der Waals surface area contributed by atoms with E-state index >= 15 is 0 Å². The number of methoxy groups -OCH3 is 1. The highest BCUT2D eigenvalue weighted by Gasteiger charge is 2.27. The summed E-state index contributed by atoms with van der Waals surface area (Å²) in [4.78, 5) is 12.8. The number of carboxylic acid groups (broad SMARTS) is 1. The number of rotatable bonds is 5. The van der Waals surface area contributed by atoms with Gasteiger partial charge in [0.2, 0.25) is 0 Å². The zero-order valence-electron chi connectivity index (χ0n) is 10.7. The maximum Gasteiger partial charge on any atom is 0.305 e. The minimum Gasteiger partial charge on any atom is -0.497 e. The van der Waals surface area contributed by atoms with Crippen LogP contribution in [-0.4, -0.2) is 30.8 Å². The minimum absolute atomic E-state index is 0.0840. The molecule has 4 nitrogen and oxygen atoms in total. The molecule has 1 N–H and O–H groups in total. The van der Waals surface area contributed by atoms with Crippen LogP contribution < -0.4 is 9.64 Å². The SMILES string of the molecule is COc1cccc(N(C)C(C)(C)CC(=O)O)c1. The van der Waals surface area contributed by atoms with E-state index in [4.69, 9.17) is 9.84 Å². The predicted molar refractivity (Wildman–Crippen MR) is 67.7 cm³/mol. The Balaban J connectivity index is 2.94. The Kier molecular flexibility index (Phi) is 3.99. The summed E-state index contributed by atoms with van der Waals surface area (Å²) >= 11 is 0. The fraction of sp³-hybridized carbons (Fsp3) is 0.462. The second-order valence-electron chi connectivity index (χ2n) is 4.64. The average Bonchev–Trinajstić information content (AvgIpc) is 2.26. The van der Waals surface area contributed by atoms with Gasteiger partial charge in [0.25, 0.3) is 0 Å². The highest BCUT2D eigenvalue weighted by molar-refractivity contribution is 5.69. The second kappa shape index (κ2) is 5.08. The molecule has 0 aliphatic heterocycles. The van der Waals surface area contributed by atoms with Crippen molar-refractivity contribution in [3.8, 4) is 5.75 Å². The van der Waals surface area contributed by atoms with Crippen LogP contribution in [0.1, 0.15) is 20.3 Å². The number of aliphatic carboxylic acids is 1. The highest BCUT2D eigenvalue weighted by atomic mass is 16.5. The molecule has 0 aliphatic carbocycles. The molecule has 1 aromatic carbocycles. The number of anilines is 1. The van der Waals surface area contributed by atoms with Gasteiger partial charge in [-0.05, 0) is 26.0 Å². The van der Waals surface area contributed by atoms with Crippen LogP contribution in [-0.2, 0) is 4.79 Å². The van der Waals surface area contributed by atoms with Crippen molar-refractivity contribution in [3.63, 3.8) is 0 Å². The van der Waals surface area contributed by atoms with E-state index in [0.29, 0.717) is 0 Å². The Morgan fingerprint density at radius 1 is 1.47 bits per heavy atom. The lowest BCUT2D eigenvalue weighted by Crippen LogP contribution is -2.43. The normalized spacial score (nSPS) is 11.1. The Bertz CT molecular complexity index is 401. The molecule has 0 aromatic heterocycles. The van der Waals surface area contributed by atoms with Gasteiger partial charge in [0.15, 0.2) is 0 Å². The zero-order chi connectivity index (χ0) is 13.1. The molecule has 0 saturated carbocycles. The van der Waals surface area contributed by atoms with Crippen LogP contribution in [0.3, 0.4) is 0 Å². The Hall–Kier alpha value is -1.71. The van der Waals surface area contributed by atoms with Gasteiger partial charge < -0.3 is 14.7 Å². The van der Waals surface area contributed by atoms with E-state index in [2.05, 4.69) is 0 Å². The van der Waals surface area contributed by atoms with Gasteiger partial charge in [-0.1, -0.05) is 6.07 Å². The molecule has 0 radical (unpaired) electrons. The molecule has 0 bridgehead atoms. The van der Waals surface area contributed by atoms with Gasteiger partial charge >= 0.3 is 5.97 Å². The largest absolute Gasteiger partial charge is 0.497 e. The summed E-state index contributed by atoms with van der Waals surface area (Å²) < 4.78 is 5.16. The summed E-state index contributed by atoms with van der Waals surface area (Å²) in [6.45, 7) is 3.81. The van der Waals surface area contributed by atoms with Crippen molar-refractivity contribution in [2.45, 2.75) is 25.8 Å². The quantitative estimate of drug-likeness (QED) is 0.854.